The van der Waals surface area contributed by atoms with E-state index < -0.39 is 0 Å². The Morgan fingerprint density at radius 3 is 1.67 bits per heavy atom. The first kappa shape index (κ1) is 18.3. The first-order chi connectivity index (χ1) is 16.3. The molecule has 156 valence electrons. The Balaban J connectivity index is 1.46. The molecular weight excluding hydrogens is 400 g/mol. The smallest absolute Gasteiger partial charge is 0.0541 e. The molecule has 0 atom stereocenters. The van der Waals surface area contributed by atoms with Crippen LogP contribution in [0, 0.1) is 0 Å². The summed E-state index contributed by atoms with van der Waals surface area (Å²) in [6.45, 7) is 0. The molecule has 0 radical (unpaired) electrons. The van der Waals surface area contributed by atoms with Crippen LogP contribution in [0.5, 0.6) is 0 Å². The van der Waals surface area contributed by atoms with Gasteiger partial charge in [-0.25, -0.2) is 0 Å². The van der Waals surface area contributed by atoms with Crippen molar-refractivity contribution in [3.63, 3.8) is 0 Å². The zero-order chi connectivity index (χ0) is 21.9. The van der Waals surface area contributed by atoms with Gasteiger partial charge in [-0.1, -0.05) is 72.8 Å². The summed E-state index contributed by atoms with van der Waals surface area (Å²) in [5.74, 6) is 0. The quantitative estimate of drug-likeness (QED) is 0.266. The summed E-state index contributed by atoms with van der Waals surface area (Å²) in [6.07, 6.45) is 0. The summed E-state index contributed by atoms with van der Waals surface area (Å²) < 4.78 is 4.66. The monoisotopic (exact) mass is 422 g/mol. The maximum absolute atomic E-state index is 2.38. The molecule has 0 aliphatic rings. The predicted octanol–water partition coefficient (Wildman–Crippen LogP) is 8.10. The second kappa shape index (κ2) is 6.85. The zero-order valence-corrected chi connectivity index (χ0v) is 18.4. The van der Waals surface area contributed by atoms with Crippen LogP contribution in [0.2, 0.25) is 0 Å². The number of aromatic nitrogens is 2. The van der Waals surface area contributed by atoms with Crippen LogP contribution in [0.25, 0.3) is 60.4 Å². The summed E-state index contributed by atoms with van der Waals surface area (Å²) in [7, 11) is 2.15. The van der Waals surface area contributed by atoms with Gasteiger partial charge in [0.15, 0.2) is 0 Å². The average Bonchev–Trinajstić information content (AvgIpc) is 3.37. The molecule has 5 aromatic carbocycles. The lowest BCUT2D eigenvalue weighted by Gasteiger charge is -2.10. The van der Waals surface area contributed by atoms with Crippen LogP contribution in [-0.2, 0) is 7.05 Å². The molecule has 33 heavy (non-hydrogen) atoms. The summed E-state index contributed by atoms with van der Waals surface area (Å²) in [5.41, 5.74) is 8.65. The zero-order valence-electron chi connectivity index (χ0n) is 18.4. The van der Waals surface area contributed by atoms with Crippen molar-refractivity contribution in [3.05, 3.63) is 115 Å². The van der Waals surface area contributed by atoms with E-state index in [1.54, 1.807) is 0 Å². The van der Waals surface area contributed by atoms with E-state index in [1.807, 2.05) is 0 Å². The third-order valence-corrected chi connectivity index (χ3v) is 6.93. The van der Waals surface area contributed by atoms with Gasteiger partial charge < -0.3 is 9.13 Å². The van der Waals surface area contributed by atoms with Crippen molar-refractivity contribution in [1.82, 2.24) is 9.13 Å². The minimum absolute atomic E-state index is 1.18. The van der Waals surface area contributed by atoms with Crippen molar-refractivity contribution in [2.45, 2.75) is 0 Å². The summed E-state index contributed by atoms with van der Waals surface area (Å²) in [4.78, 5) is 0. The molecule has 0 aliphatic heterocycles. The van der Waals surface area contributed by atoms with Gasteiger partial charge in [0.25, 0.3) is 0 Å². The van der Waals surface area contributed by atoms with Gasteiger partial charge in [0, 0.05) is 45.3 Å². The lowest BCUT2D eigenvalue weighted by molar-refractivity contribution is 1.01. The van der Waals surface area contributed by atoms with Crippen LogP contribution < -0.4 is 0 Å². The molecule has 0 saturated carbocycles. The fraction of sp³-hybridized carbons (Fsp3) is 0.0323. The van der Waals surface area contributed by atoms with Crippen molar-refractivity contribution in [1.29, 1.82) is 0 Å². The SMILES string of the molecule is Cn1c2ccccc2c2cc(-c3cccc(-n4c5ccccc5c5ccccc54)c3)ccc21. The number of benzene rings is 5. The molecule has 2 heterocycles. The number of aryl methyl sites for hydroxylation is 1. The largest absolute Gasteiger partial charge is 0.344 e. The van der Waals surface area contributed by atoms with Crippen molar-refractivity contribution in [2.24, 2.45) is 7.05 Å². The van der Waals surface area contributed by atoms with E-state index in [2.05, 4.69) is 131 Å². The van der Waals surface area contributed by atoms with Crippen molar-refractivity contribution in [3.8, 4) is 16.8 Å². The highest BCUT2D eigenvalue weighted by atomic mass is 15.0. The second-order valence-electron chi connectivity index (χ2n) is 8.73. The highest BCUT2D eigenvalue weighted by Gasteiger charge is 2.13. The third-order valence-electron chi connectivity index (χ3n) is 6.93. The Hall–Kier alpha value is -4.30. The summed E-state index contributed by atoms with van der Waals surface area (Å²) >= 11 is 0. The molecule has 0 amide bonds. The lowest BCUT2D eigenvalue weighted by Crippen LogP contribution is -1.94. The molecule has 0 aliphatic carbocycles. The van der Waals surface area contributed by atoms with E-state index in [9.17, 15) is 0 Å². The molecule has 2 nitrogen and oxygen atoms in total. The molecule has 0 saturated heterocycles. The Kier molecular flexibility index (Phi) is 3.80. The van der Waals surface area contributed by atoms with E-state index in [4.69, 9.17) is 0 Å². The second-order valence-corrected chi connectivity index (χ2v) is 8.73. The van der Waals surface area contributed by atoms with Gasteiger partial charge >= 0.3 is 0 Å². The normalized spacial score (nSPS) is 11.8. The third kappa shape index (κ3) is 2.61. The minimum atomic E-state index is 1.18. The van der Waals surface area contributed by atoms with Gasteiger partial charge in [0.2, 0.25) is 0 Å². The molecule has 0 fully saturated rings. The van der Waals surface area contributed by atoms with Crippen LogP contribution in [0.4, 0.5) is 0 Å². The highest BCUT2D eigenvalue weighted by Crippen LogP contribution is 2.35. The standard InChI is InChI=1S/C31H22N2/c1-32-28-14-5-2-13-26(28)27-20-22(17-18-29(27)32)21-9-8-10-23(19-21)33-30-15-6-3-11-24(30)25-12-4-7-16-31(25)33/h2-20H,1H3. The molecule has 7 aromatic rings. The number of hydrogen-bond acceptors (Lipinski definition) is 0. The molecule has 0 unspecified atom stereocenters. The van der Waals surface area contributed by atoms with Crippen molar-refractivity contribution in [2.75, 3.05) is 0 Å². The van der Waals surface area contributed by atoms with Gasteiger partial charge in [-0.2, -0.15) is 0 Å². The van der Waals surface area contributed by atoms with Crippen LogP contribution in [0.3, 0.4) is 0 Å². The maximum atomic E-state index is 2.38. The van der Waals surface area contributed by atoms with Crippen LogP contribution >= 0.6 is 0 Å². The lowest BCUT2D eigenvalue weighted by atomic mass is 10.0. The Morgan fingerprint density at radius 1 is 0.424 bits per heavy atom. The van der Waals surface area contributed by atoms with Crippen LogP contribution in [0.1, 0.15) is 0 Å². The number of rotatable bonds is 2. The Labute approximate surface area is 191 Å². The number of hydrogen-bond donors (Lipinski definition) is 0. The first-order valence-electron chi connectivity index (χ1n) is 11.4. The summed E-state index contributed by atoms with van der Waals surface area (Å²) in [5, 5.41) is 5.18. The fourth-order valence-corrected chi connectivity index (χ4v) is 5.37. The van der Waals surface area contributed by atoms with Crippen LogP contribution in [-0.4, -0.2) is 9.13 Å². The van der Waals surface area contributed by atoms with E-state index >= 15 is 0 Å². The molecule has 2 heteroatoms. The van der Waals surface area contributed by atoms with E-state index in [-0.39, 0.29) is 0 Å². The number of nitrogens with zero attached hydrogens (tertiary/aromatic N) is 2. The van der Waals surface area contributed by atoms with Crippen LogP contribution in [0.15, 0.2) is 115 Å². The van der Waals surface area contributed by atoms with Gasteiger partial charge in [0.1, 0.15) is 0 Å². The summed E-state index contributed by atoms with van der Waals surface area (Å²) in [6, 6.07) is 41.7. The number of fused-ring (bicyclic) bond motifs is 6. The van der Waals surface area contributed by atoms with E-state index in [0.717, 1.165) is 0 Å². The topological polar surface area (TPSA) is 9.86 Å². The van der Waals surface area contributed by atoms with Gasteiger partial charge in [-0.15, -0.1) is 0 Å². The van der Waals surface area contributed by atoms with Gasteiger partial charge in [-0.3, -0.25) is 0 Å². The Morgan fingerprint density at radius 2 is 0.970 bits per heavy atom. The molecule has 0 bridgehead atoms. The van der Waals surface area contributed by atoms with E-state index in [0.29, 0.717) is 0 Å². The number of para-hydroxylation sites is 3. The average molecular weight is 423 g/mol. The van der Waals surface area contributed by atoms with Crippen molar-refractivity contribution < 1.29 is 0 Å². The molecule has 0 spiro atoms. The molecule has 7 rings (SSSR count). The molecule has 0 N–H and O–H groups in total. The van der Waals surface area contributed by atoms with Gasteiger partial charge in [-0.05, 0) is 53.6 Å². The first-order valence-corrected chi connectivity index (χ1v) is 11.4. The van der Waals surface area contributed by atoms with E-state index in [1.165, 1.54) is 60.4 Å². The maximum Gasteiger partial charge on any atom is 0.0541 e. The Bertz CT molecular complexity index is 1780. The fourth-order valence-electron chi connectivity index (χ4n) is 5.37. The predicted molar refractivity (Wildman–Crippen MR) is 140 cm³/mol. The van der Waals surface area contributed by atoms with Gasteiger partial charge in [0.05, 0.1) is 11.0 Å². The minimum Gasteiger partial charge on any atom is -0.344 e. The highest BCUT2D eigenvalue weighted by molar-refractivity contribution is 6.10. The van der Waals surface area contributed by atoms with Crippen molar-refractivity contribution >= 4 is 43.6 Å². The molecule has 2 aromatic heterocycles. The molecular formula is C31H22N2.